The van der Waals surface area contributed by atoms with Crippen molar-refractivity contribution in [2.24, 2.45) is 0 Å². The van der Waals surface area contributed by atoms with Crippen molar-refractivity contribution < 1.29 is 8.42 Å². The Kier molecular flexibility index (Phi) is 4.26. The molecular formula is C14H17N3O2S. The summed E-state index contributed by atoms with van der Waals surface area (Å²) < 4.78 is 25.8. The number of nitrogen functional groups attached to an aromatic ring is 1. The van der Waals surface area contributed by atoms with Crippen molar-refractivity contribution in [2.75, 3.05) is 18.1 Å². The van der Waals surface area contributed by atoms with Gasteiger partial charge in [-0.25, -0.2) is 13.1 Å². The summed E-state index contributed by atoms with van der Waals surface area (Å²) in [6, 6.07) is 14.4. The van der Waals surface area contributed by atoms with Crippen molar-refractivity contribution in [3.8, 4) is 0 Å². The summed E-state index contributed by atoms with van der Waals surface area (Å²) in [6.45, 7) is 0.577. The number of nitrogens with two attached hydrogens (primary N) is 1. The lowest BCUT2D eigenvalue weighted by molar-refractivity contribution is 0.588. The van der Waals surface area contributed by atoms with Crippen LogP contribution in [-0.2, 0) is 16.6 Å². The number of hydrogen-bond donors (Lipinski definition) is 3. The molecule has 0 aliphatic carbocycles. The summed E-state index contributed by atoms with van der Waals surface area (Å²) in [5, 5.41) is 3.15. The van der Waals surface area contributed by atoms with E-state index >= 15 is 0 Å². The molecule has 0 atom stereocenters. The van der Waals surface area contributed by atoms with Gasteiger partial charge in [0.15, 0.2) is 0 Å². The van der Waals surface area contributed by atoms with Gasteiger partial charge in [-0.3, -0.25) is 0 Å². The summed E-state index contributed by atoms with van der Waals surface area (Å²) in [6.07, 6.45) is 0. The molecule has 0 aliphatic rings. The van der Waals surface area contributed by atoms with Crippen molar-refractivity contribution in [1.29, 1.82) is 0 Å². The van der Waals surface area contributed by atoms with Gasteiger partial charge in [-0.1, -0.05) is 30.3 Å². The molecule has 0 saturated heterocycles. The molecule has 20 heavy (non-hydrogen) atoms. The second-order valence-corrected chi connectivity index (χ2v) is 6.18. The molecule has 0 bridgehead atoms. The van der Waals surface area contributed by atoms with E-state index in [1.165, 1.54) is 19.2 Å². The zero-order chi connectivity index (χ0) is 14.6. The van der Waals surface area contributed by atoms with Gasteiger partial charge in [0.2, 0.25) is 10.0 Å². The number of hydrogen-bond acceptors (Lipinski definition) is 4. The van der Waals surface area contributed by atoms with Crippen molar-refractivity contribution in [2.45, 2.75) is 11.4 Å². The first-order valence-electron chi connectivity index (χ1n) is 6.14. The molecule has 0 radical (unpaired) electrons. The molecule has 2 rings (SSSR count). The van der Waals surface area contributed by atoms with Crippen LogP contribution in [0.1, 0.15) is 5.56 Å². The van der Waals surface area contributed by atoms with Crippen LogP contribution in [0.2, 0.25) is 0 Å². The normalized spacial score (nSPS) is 11.2. The fraction of sp³-hybridized carbons (Fsp3) is 0.143. The Morgan fingerprint density at radius 1 is 1.10 bits per heavy atom. The maximum absolute atomic E-state index is 11.8. The maximum Gasteiger partial charge on any atom is 0.240 e. The van der Waals surface area contributed by atoms with Gasteiger partial charge >= 0.3 is 0 Å². The van der Waals surface area contributed by atoms with Gasteiger partial charge in [-0.15, -0.1) is 0 Å². The van der Waals surface area contributed by atoms with Crippen LogP contribution in [0.5, 0.6) is 0 Å². The zero-order valence-electron chi connectivity index (χ0n) is 11.1. The molecular weight excluding hydrogens is 274 g/mol. The minimum Gasteiger partial charge on any atom is -0.397 e. The standard InChI is InChI=1S/C14H17N3O2S/c1-16-20(18,19)12-7-8-13(15)14(9-12)17-10-11-5-3-2-4-6-11/h2-9,16-17H,10,15H2,1H3. The molecule has 2 aromatic carbocycles. The molecule has 4 N–H and O–H groups in total. The second-order valence-electron chi connectivity index (χ2n) is 4.30. The van der Waals surface area contributed by atoms with Gasteiger partial charge in [0.05, 0.1) is 16.3 Å². The highest BCUT2D eigenvalue weighted by atomic mass is 32.2. The lowest BCUT2D eigenvalue weighted by Gasteiger charge is -2.11. The molecule has 2 aromatic rings. The molecule has 0 fully saturated rings. The van der Waals surface area contributed by atoms with E-state index < -0.39 is 10.0 Å². The molecule has 106 valence electrons. The summed E-state index contributed by atoms with van der Waals surface area (Å²) in [5.74, 6) is 0. The van der Waals surface area contributed by atoms with Gasteiger partial charge in [0.1, 0.15) is 0 Å². The third-order valence-electron chi connectivity index (χ3n) is 2.93. The van der Waals surface area contributed by atoms with E-state index in [2.05, 4.69) is 10.0 Å². The van der Waals surface area contributed by atoms with Crippen molar-refractivity contribution in [1.82, 2.24) is 4.72 Å². The van der Waals surface area contributed by atoms with E-state index in [1.54, 1.807) is 6.07 Å². The highest BCUT2D eigenvalue weighted by Crippen LogP contribution is 2.23. The highest BCUT2D eigenvalue weighted by molar-refractivity contribution is 7.89. The molecule has 0 spiro atoms. The smallest absolute Gasteiger partial charge is 0.240 e. The zero-order valence-corrected chi connectivity index (χ0v) is 11.9. The van der Waals surface area contributed by atoms with Crippen LogP contribution in [-0.4, -0.2) is 15.5 Å². The number of anilines is 2. The first-order valence-corrected chi connectivity index (χ1v) is 7.62. The molecule has 0 unspecified atom stereocenters. The Hall–Kier alpha value is -2.05. The van der Waals surface area contributed by atoms with E-state index in [1.807, 2.05) is 30.3 Å². The Morgan fingerprint density at radius 2 is 1.80 bits per heavy atom. The average Bonchev–Trinajstić information content (AvgIpc) is 2.47. The largest absolute Gasteiger partial charge is 0.397 e. The summed E-state index contributed by atoms with van der Waals surface area (Å²) in [7, 11) is -2.09. The van der Waals surface area contributed by atoms with Crippen LogP contribution >= 0.6 is 0 Å². The van der Waals surface area contributed by atoms with Crippen LogP contribution in [0.4, 0.5) is 11.4 Å². The fourth-order valence-corrected chi connectivity index (χ4v) is 2.52. The van der Waals surface area contributed by atoms with E-state index in [4.69, 9.17) is 5.73 Å². The van der Waals surface area contributed by atoms with Crippen LogP contribution in [0.15, 0.2) is 53.4 Å². The van der Waals surface area contributed by atoms with Crippen molar-refractivity contribution >= 4 is 21.4 Å². The van der Waals surface area contributed by atoms with Crippen LogP contribution in [0.25, 0.3) is 0 Å². The first kappa shape index (κ1) is 14.4. The van der Waals surface area contributed by atoms with Gasteiger partial charge in [-0.05, 0) is 30.8 Å². The second kappa shape index (κ2) is 5.94. The summed E-state index contributed by atoms with van der Waals surface area (Å²) in [5.41, 5.74) is 8.06. The van der Waals surface area contributed by atoms with Gasteiger partial charge in [0.25, 0.3) is 0 Å². The molecule has 6 heteroatoms. The monoisotopic (exact) mass is 291 g/mol. The molecule has 5 nitrogen and oxygen atoms in total. The molecule has 0 aromatic heterocycles. The fourth-order valence-electron chi connectivity index (χ4n) is 1.77. The van der Waals surface area contributed by atoms with Gasteiger partial charge in [-0.2, -0.15) is 0 Å². The Morgan fingerprint density at radius 3 is 2.45 bits per heavy atom. The highest BCUT2D eigenvalue weighted by Gasteiger charge is 2.12. The van der Waals surface area contributed by atoms with Gasteiger partial charge in [0, 0.05) is 6.54 Å². The first-order chi connectivity index (χ1) is 9.53. The number of sulfonamides is 1. The molecule has 0 amide bonds. The van der Waals surface area contributed by atoms with Crippen LogP contribution in [0.3, 0.4) is 0 Å². The third-order valence-corrected chi connectivity index (χ3v) is 4.34. The lowest BCUT2D eigenvalue weighted by atomic mass is 10.2. The predicted octanol–water partition coefficient (Wildman–Crippen LogP) is 1.79. The molecule has 0 saturated carbocycles. The maximum atomic E-state index is 11.8. The minimum atomic E-state index is -3.47. The number of rotatable bonds is 5. The topological polar surface area (TPSA) is 84.2 Å². The Balaban J connectivity index is 2.22. The quantitative estimate of drug-likeness (QED) is 0.733. The van der Waals surface area contributed by atoms with E-state index in [-0.39, 0.29) is 4.90 Å². The Labute approximate surface area is 118 Å². The molecule has 0 heterocycles. The molecule has 0 aliphatic heterocycles. The number of nitrogens with one attached hydrogen (secondary N) is 2. The van der Waals surface area contributed by atoms with Crippen molar-refractivity contribution in [3.63, 3.8) is 0 Å². The summed E-state index contributed by atoms with van der Waals surface area (Å²) in [4.78, 5) is 0.185. The SMILES string of the molecule is CNS(=O)(=O)c1ccc(N)c(NCc2ccccc2)c1. The van der Waals surface area contributed by atoms with E-state index in [0.717, 1.165) is 5.56 Å². The van der Waals surface area contributed by atoms with Crippen molar-refractivity contribution in [3.05, 3.63) is 54.1 Å². The minimum absolute atomic E-state index is 0.185. The van der Waals surface area contributed by atoms with Gasteiger partial charge < -0.3 is 11.1 Å². The predicted molar refractivity (Wildman–Crippen MR) is 80.9 cm³/mol. The van der Waals surface area contributed by atoms with Crippen LogP contribution in [0, 0.1) is 0 Å². The lowest BCUT2D eigenvalue weighted by Crippen LogP contribution is -2.18. The third kappa shape index (κ3) is 3.28. The van der Waals surface area contributed by atoms with E-state index in [9.17, 15) is 8.42 Å². The summed E-state index contributed by atoms with van der Waals surface area (Å²) >= 11 is 0. The van der Waals surface area contributed by atoms with E-state index in [0.29, 0.717) is 17.9 Å². The Bertz CT molecular complexity index is 685. The average molecular weight is 291 g/mol. The number of benzene rings is 2. The van der Waals surface area contributed by atoms with Crippen LogP contribution < -0.4 is 15.8 Å².